The lowest BCUT2D eigenvalue weighted by Gasteiger charge is -2.33. The van der Waals surface area contributed by atoms with Gasteiger partial charge < -0.3 is 15.0 Å². The quantitative estimate of drug-likeness (QED) is 0.845. The monoisotopic (exact) mass is 408 g/mol. The van der Waals surface area contributed by atoms with E-state index in [0.29, 0.717) is 24.6 Å². The van der Waals surface area contributed by atoms with E-state index in [1.807, 2.05) is 35.7 Å². The number of amides is 2. The highest BCUT2D eigenvalue weighted by Crippen LogP contribution is 2.23. The third-order valence-electron chi connectivity index (χ3n) is 3.81. The van der Waals surface area contributed by atoms with E-state index < -0.39 is 0 Å². The Labute approximate surface area is 152 Å². The van der Waals surface area contributed by atoms with Gasteiger partial charge in [0.2, 0.25) is 5.91 Å². The Hall–Kier alpha value is -1.70. The third-order valence-corrected chi connectivity index (χ3v) is 5.20. The third kappa shape index (κ3) is 4.23. The highest BCUT2D eigenvalue weighted by Gasteiger charge is 2.25. The van der Waals surface area contributed by atoms with Crippen LogP contribution in [0.2, 0.25) is 0 Å². The van der Waals surface area contributed by atoms with Gasteiger partial charge in [-0.25, -0.2) is 0 Å². The van der Waals surface area contributed by atoms with Gasteiger partial charge in [0.15, 0.2) is 0 Å². The van der Waals surface area contributed by atoms with Gasteiger partial charge in [-0.15, -0.1) is 11.3 Å². The van der Waals surface area contributed by atoms with E-state index >= 15 is 0 Å². The number of ether oxygens (including phenoxy) is 1. The molecule has 2 heterocycles. The van der Waals surface area contributed by atoms with E-state index in [0.717, 1.165) is 10.0 Å². The van der Waals surface area contributed by atoms with Gasteiger partial charge in [-0.05, 0) is 29.1 Å². The lowest BCUT2D eigenvalue weighted by molar-refractivity contribution is -0.137. The van der Waals surface area contributed by atoms with Gasteiger partial charge in [-0.3, -0.25) is 9.59 Å². The Bertz CT molecular complexity index is 703. The van der Waals surface area contributed by atoms with Crippen molar-refractivity contribution in [3.63, 3.8) is 0 Å². The van der Waals surface area contributed by atoms with Crippen molar-refractivity contribution in [2.45, 2.75) is 6.10 Å². The normalized spacial score (nSPS) is 17.5. The van der Waals surface area contributed by atoms with E-state index in [1.165, 1.54) is 11.3 Å². The molecule has 7 heteroatoms. The van der Waals surface area contributed by atoms with Crippen LogP contribution < -0.4 is 5.32 Å². The molecular formula is C17H17BrN2O3S. The van der Waals surface area contributed by atoms with E-state index in [4.69, 9.17) is 4.74 Å². The molecule has 2 aromatic rings. The first-order valence-electron chi connectivity index (χ1n) is 7.60. The summed E-state index contributed by atoms with van der Waals surface area (Å²) in [7, 11) is 0. The zero-order valence-electron chi connectivity index (χ0n) is 12.9. The maximum absolute atomic E-state index is 12.4. The van der Waals surface area contributed by atoms with E-state index in [9.17, 15) is 9.59 Å². The van der Waals surface area contributed by atoms with Crippen molar-refractivity contribution >= 4 is 39.1 Å². The van der Waals surface area contributed by atoms with Gasteiger partial charge in [0.05, 0.1) is 24.6 Å². The molecular weight excluding hydrogens is 392 g/mol. The molecule has 1 aromatic carbocycles. The van der Waals surface area contributed by atoms with Crippen LogP contribution in [0, 0.1) is 0 Å². The lowest BCUT2D eigenvalue weighted by atomic mass is 10.1. The first kappa shape index (κ1) is 17.1. The number of morpholine rings is 1. The average molecular weight is 409 g/mol. The molecule has 126 valence electrons. The number of nitrogens with zero attached hydrogens (tertiary/aromatic N) is 1. The number of hydrogen-bond donors (Lipinski definition) is 1. The smallest absolute Gasteiger partial charge is 0.261 e. The zero-order valence-corrected chi connectivity index (χ0v) is 15.3. The highest BCUT2D eigenvalue weighted by molar-refractivity contribution is 9.10. The number of carbonyl (C=O) groups excluding carboxylic acids is 2. The fraction of sp³-hybridized carbons (Fsp3) is 0.294. The van der Waals surface area contributed by atoms with Gasteiger partial charge in [0.25, 0.3) is 5.91 Å². The number of hydrogen-bond acceptors (Lipinski definition) is 4. The maximum atomic E-state index is 12.4. The van der Waals surface area contributed by atoms with Crippen LogP contribution in [-0.2, 0) is 9.53 Å². The van der Waals surface area contributed by atoms with Crippen LogP contribution >= 0.6 is 27.3 Å². The Morgan fingerprint density at radius 1 is 1.29 bits per heavy atom. The minimum atomic E-state index is -0.212. The zero-order chi connectivity index (χ0) is 16.9. The van der Waals surface area contributed by atoms with Gasteiger partial charge in [-0.2, -0.15) is 0 Å². The summed E-state index contributed by atoms with van der Waals surface area (Å²) in [4.78, 5) is 26.6. The number of thiophene rings is 1. The number of benzene rings is 1. The first-order chi connectivity index (χ1) is 11.6. The fourth-order valence-electron chi connectivity index (χ4n) is 2.52. The minimum Gasteiger partial charge on any atom is -0.370 e. The van der Waals surface area contributed by atoms with Crippen molar-refractivity contribution in [3.05, 3.63) is 56.7 Å². The molecule has 0 aliphatic carbocycles. The van der Waals surface area contributed by atoms with E-state index in [1.54, 1.807) is 11.0 Å². The summed E-state index contributed by atoms with van der Waals surface area (Å²) in [5, 5.41) is 4.51. The molecule has 0 saturated carbocycles. The molecule has 0 bridgehead atoms. The lowest BCUT2D eigenvalue weighted by Crippen LogP contribution is -2.46. The maximum Gasteiger partial charge on any atom is 0.261 e. The molecule has 0 radical (unpaired) electrons. The SMILES string of the molecule is O=C(NCC(=O)N1CCOC(c2ccc(Br)cc2)C1)c1cccs1. The molecule has 1 saturated heterocycles. The molecule has 1 N–H and O–H groups in total. The van der Waals surface area contributed by atoms with Gasteiger partial charge in [0, 0.05) is 11.0 Å². The van der Waals surface area contributed by atoms with E-state index in [2.05, 4.69) is 21.2 Å². The largest absolute Gasteiger partial charge is 0.370 e. The molecule has 3 rings (SSSR count). The molecule has 2 amide bonds. The van der Waals surface area contributed by atoms with Crippen LogP contribution in [0.1, 0.15) is 21.3 Å². The summed E-state index contributed by atoms with van der Waals surface area (Å²) in [6.07, 6.45) is -0.135. The summed E-state index contributed by atoms with van der Waals surface area (Å²) < 4.78 is 6.78. The average Bonchev–Trinajstić information content (AvgIpc) is 3.15. The molecule has 0 spiro atoms. The summed E-state index contributed by atoms with van der Waals surface area (Å²) in [6.45, 7) is 1.53. The molecule has 1 aliphatic rings. The molecule has 1 unspecified atom stereocenters. The van der Waals surface area contributed by atoms with E-state index in [-0.39, 0.29) is 24.5 Å². The number of rotatable bonds is 4. The second kappa shape index (κ2) is 7.92. The topological polar surface area (TPSA) is 58.6 Å². The van der Waals surface area contributed by atoms with Crippen LogP contribution in [0.25, 0.3) is 0 Å². The predicted molar refractivity (Wildman–Crippen MR) is 96.1 cm³/mol. The molecule has 1 fully saturated rings. The summed E-state index contributed by atoms with van der Waals surface area (Å²) >= 11 is 4.77. The second-order valence-electron chi connectivity index (χ2n) is 5.41. The van der Waals surface area contributed by atoms with Crippen molar-refractivity contribution < 1.29 is 14.3 Å². The second-order valence-corrected chi connectivity index (χ2v) is 7.27. The molecule has 1 aliphatic heterocycles. The van der Waals surface area contributed by atoms with Crippen LogP contribution in [-0.4, -0.2) is 43.0 Å². The summed E-state index contributed by atoms with van der Waals surface area (Å²) in [6, 6.07) is 11.4. The minimum absolute atomic E-state index is 0.00376. The number of halogens is 1. The Morgan fingerprint density at radius 3 is 2.79 bits per heavy atom. The predicted octanol–water partition coefficient (Wildman–Crippen LogP) is 2.84. The van der Waals surface area contributed by atoms with Crippen molar-refractivity contribution in [2.75, 3.05) is 26.2 Å². The van der Waals surface area contributed by atoms with Crippen LogP contribution in [0.4, 0.5) is 0 Å². The Balaban J connectivity index is 1.55. The summed E-state index contributed by atoms with van der Waals surface area (Å²) in [5.41, 5.74) is 1.04. The number of nitrogens with one attached hydrogen (secondary N) is 1. The molecule has 1 atom stereocenters. The summed E-state index contributed by atoms with van der Waals surface area (Å²) in [5.74, 6) is -0.304. The Kier molecular flexibility index (Phi) is 5.65. The first-order valence-corrected chi connectivity index (χ1v) is 9.27. The molecule has 24 heavy (non-hydrogen) atoms. The van der Waals surface area contributed by atoms with Crippen LogP contribution in [0.15, 0.2) is 46.3 Å². The van der Waals surface area contributed by atoms with Crippen molar-refractivity contribution in [1.82, 2.24) is 10.2 Å². The molecule has 5 nitrogen and oxygen atoms in total. The standard InChI is InChI=1S/C17H17BrN2O3S/c18-13-5-3-12(4-6-13)14-11-20(7-8-23-14)16(21)10-19-17(22)15-2-1-9-24-15/h1-6,9,14H,7-8,10-11H2,(H,19,22). The van der Waals surface area contributed by atoms with Crippen LogP contribution in [0.3, 0.4) is 0 Å². The van der Waals surface area contributed by atoms with Crippen molar-refractivity contribution in [2.24, 2.45) is 0 Å². The van der Waals surface area contributed by atoms with Crippen LogP contribution in [0.5, 0.6) is 0 Å². The fourth-order valence-corrected chi connectivity index (χ4v) is 3.42. The van der Waals surface area contributed by atoms with Gasteiger partial charge >= 0.3 is 0 Å². The van der Waals surface area contributed by atoms with Gasteiger partial charge in [0.1, 0.15) is 6.10 Å². The number of carbonyl (C=O) groups is 2. The van der Waals surface area contributed by atoms with Gasteiger partial charge in [-0.1, -0.05) is 34.1 Å². The highest BCUT2D eigenvalue weighted by atomic mass is 79.9. The van der Waals surface area contributed by atoms with Crippen molar-refractivity contribution in [3.8, 4) is 0 Å². The molecule has 1 aromatic heterocycles. The Morgan fingerprint density at radius 2 is 2.08 bits per heavy atom. The van der Waals surface area contributed by atoms with Crippen molar-refractivity contribution in [1.29, 1.82) is 0 Å².